The summed E-state index contributed by atoms with van der Waals surface area (Å²) in [5.74, 6) is -0.385. The van der Waals surface area contributed by atoms with Crippen LogP contribution in [-0.4, -0.2) is 23.0 Å². The molecule has 6 nitrogen and oxygen atoms in total. The molecular formula is C15H14N2O4S. The van der Waals surface area contributed by atoms with Gasteiger partial charge in [-0.3, -0.25) is 4.79 Å². The molecule has 1 N–H and O–H groups in total. The molecule has 0 spiro atoms. The molecule has 1 aliphatic rings. The van der Waals surface area contributed by atoms with Crippen LogP contribution in [0.4, 0.5) is 5.69 Å². The average molecular weight is 318 g/mol. The third kappa shape index (κ3) is 2.80. The van der Waals surface area contributed by atoms with Crippen LogP contribution in [0.3, 0.4) is 0 Å². The monoisotopic (exact) mass is 318 g/mol. The molecule has 0 unspecified atom stereocenters. The summed E-state index contributed by atoms with van der Waals surface area (Å²) in [6, 6.07) is 4.97. The SMILES string of the molecule is Cc1ncc(COC(=O)c2cccc3c2O[C@H](C)C(=O)N3)s1. The third-order valence-corrected chi connectivity index (χ3v) is 4.06. The van der Waals surface area contributed by atoms with E-state index in [-0.39, 0.29) is 12.5 Å². The van der Waals surface area contributed by atoms with Crippen molar-refractivity contribution in [3.05, 3.63) is 39.8 Å². The van der Waals surface area contributed by atoms with Crippen molar-refractivity contribution in [2.45, 2.75) is 26.6 Å². The number of fused-ring (bicyclic) bond motifs is 1. The van der Waals surface area contributed by atoms with Crippen molar-refractivity contribution < 1.29 is 19.1 Å². The fraction of sp³-hybridized carbons (Fsp3) is 0.267. The standard InChI is InChI=1S/C15H14N2O4S/c1-8-14(18)17-12-5-3-4-11(13(12)21-8)15(19)20-7-10-6-16-9(2)22-10/h3-6,8H,7H2,1-2H3,(H,17,18)/t8-/m1/s1. The molecule has 3 rings (SSSR count). The van der Waals surface area contributed by atoms with Crippen LogP contribution < -0.4 is 10.1 Å². The van der Waals surface area contributed by atoms with E-state index in [4.69, 9.17) is 9.47 Å². The van der Waals surface area contributed by atoms with Crippen molar-refractivity contribution in [2.24, 2.45) is 0 Å². The zero-order valence-electron chi connectivity index (χ0n) is 12.1. The predicted octanol–water partition coefficient (Wildman–Crippen LogP) is 2.53. The van der Waals surface area contributed by atoms with Gasteiger partial charge in [-0.1, -0.05) is 6.07 Å². The summed E-state index contributed by atoms with van der Waals surface area (Å²) in [7, 11) is 0. The molecule has 1 atom stereocenters. The lowest BCUT2D eigenvalue weighted by Gasteiger charge is -2.24. The molecule has 0 bridgehead atoms. The van der Waals surface area contributed by atoms with Crippen molar-refractivity contribution in [1.82, 2.24) is 4.98 Å². The number of para-hydroxylation sites is 1. The summed E-state index contributed by atoms with van der Waals surface area (Å²) in [5, 5.41) is 3.62. The Morgan fingerprint density at radius 3 is 3.05 bits per heavy atom. The molecule has 1 aliphatic heterocycles. The molecule has 22 heavy (non-hydrogen) atoms. The Labute approximate surface area is 131 Å². The zero-order valence-corrected chi connectivity index (χ0v) is 12.9. The van der Waals surface area contributed by atoms with Crippen molar-refractivity contribution in [3.8, 4) is 5.75 Å². The molecule has 114 valence electrons. The van der Waals surface area contributed by atoms with Gasteiger partial charge in [0.1, 0.15) is 12.2 Å². The largest absolute Gasteiger partial charge is 0.478 e. The van der Waals surface area contributed by atoms with Crippen LogP contribution in [0.5, 0.6) is 5.75 Å². The summed E-state index contributed by atoms with van der Waals surface area (Å²) in [5.41, 5.74) is 0.775. The molecule has 2 aromatic rings. The summed E-state index contributed by atoms with van der Waals surface area (Å²) >= 11 is 1.48. The highest BCUT2D eigenvalue weighted by Gasteiger charge is 2.28. The number of hydrogen-bond donors (Lipinski definition) is 1. The van der Waals surface area contributed by atoms with Gasteiger partial charge in [0.15, 0.2) is 11.9 Å². The Morgan fingerprint density at radius 2 is 2.32 bits per heavy atom. The Kier molecular flexibility index (Phi) is 3.81. The lowest BCUT2D eigenvalue weighted by atomic mass is 10.1. The number of ether oxygens (including phenoxy) is 2. The van der Waals surface area contributed by atoms with Crippen LogP contribution in [0.25, 0.3) is 0 Å². The van der Waals surface area contributed by atoms with E-state index in [9.17, 15) is 9.59 Å². The Morgan fingerprint density at radius 1 is 1.50 bits per heavy atom. The molecule has 0 saturated carbocycles. The topological polar surface area (TPSA) is 77.5 Å². The molecule has 7 heteroatoms. The predicted molar refractivity (Wildman–Crippen MR) is 81.1 cm³/mol. The van der Waals surface area contributed by atoms with E-state index in [1.165, 1.54) is 11.3 Å². The molecule has 1 amide bonds. The van der Waals surface area contributed by atoms with Gasteiger partial charge in [0.2, 0.25) is 0 Å². The first-order valence-electron chi connectivity index (χ1n) is 6.73. The fourth-order valence-corrected chi connectivity index (χ4v) is 2.78. The lowest BCUT2D eigenvalue weighted by Crippen LogP contribution is -2.35. The van der Waals surface area contributed by atoms with Crippen molar-refractivity contribution in [3.63, 3.8) is 0 Å². The number of anilines is 1. The maximum Gasteiger partial charge on any atom is 0.342 e. The molecule has 0 radical (unpaired) electrons. The summed E-state index contributed by atoms with van der Waals surface area (Å²) in [4.78, 5) is 28.8. The minimum Gasteiger partial charge on any atom is -0.478 e. The van der Waals surface area contributed by atoms with Gasteiger partial charge in [-0.15, -0.1) is 11.3 Å². The van der Waals surface area contributed by atoms with Crippen molar-refractivity contribution >= 4 is 28.9 Å². The number of benzene rings is 1. The summed E-state index contributed by atoms with van der Waals surface area (Å²) in [6.07, 6.45) is 1.04. The number of carbonyl (C=O) groups is 2. The highest BCUT2D eigenvalue weighted by atomic mass is 32.1. The number of thiazole rings is 1. The molecular weight excluding hydrogens is 304 g/mol. The van der Waals surface area contributed by atoms with Crippen LogP contribution in [0.2, 0.25) is 0 Å². The van der Waals surface area contributed by atoms with E-state index >= 15 is 0 Å². The number of amides is 1. The number of aryl methyl sites for hydroxylation is 1. The lowest BCUT2D eigenvalue weighted by molar-refractivity contribution is -0.122. The number of nitrogens with zero attached hydrogens (tertiary/aromatic N) is 1. The number of carbonyl (C=O) groups excluding carboxylic acids is 2. The van der Waals surface area contributed by atoms with Crippen LogP contribution in [0.1, 0.15) is 27.2 Å². The van der Waals surface area contributed by atoms with Crippen molar-refractivity contribution in [2.75, 3.05) is 5.32 Å². The average Bonchev–Trinajstić information content (AvgIpc) is 2.91. The number of esters is 1. The van der Waals surface area contributed by atoms with Crippen LogP contribution in [0, 0.1) is 6.92 Å². The maximum absolute atomic E-state index is 12.3. The van der Waals surface area contributed by atoms with E-state index < -0.39 is 12.1 Å². The third-order valence-electron chi connectivity index (χ3n) is 3.17. The second-order valence-electron chi connectivity index (χ2n) is 4.85. The second-order valence-corrected chi connectivity index (χ2v) is 6.17. The van der Waals surface area contributed by atoms with Gasteiger partial charge >= 0.3 is 5.97 Å². The van der Waals surface area contributed by atoms with Gasteiger partial charge in [0.05, 0.1) is 15.6 Å². The Balaban J connectivity index is 1.78. The number of rotatable bonds is 3. The van der Waals surface area contributed by atoms with E-state index in [0.29, 0.717) is 17.0 Å². The van der Waals surface area contributed by atoms with E-state index in [1.807, 2.05) is 6.92 Å². The molecule has 0 saturated heterocycles. The fourth-order valence-electron chi connectivity index (χ4n) is 2.07. The highest BCUT2D eigenvalue weighted by molar-refractivity contribution is 7.11. The quantitative estimate of drug-likeness (QED) is 0.880. The van der Waals surface area contributed by atoms with Crippen LogP contribution in [0.15, 0.2) is 24.4 Å². The molecule has 1 aromatic carbocycles. The van der Waals surface area contributed by atoms with Crippen LogP contribution >= 0.6 is 11.3 Å². The Hall–Kier alpha value is -2.41. The highest BCUT2D eigenvalue weighted by Crippen LogP contribution is 2.33. The van der Waals surface area contributed by atoms with E-state index in [0.717, 1.165) is 9.88 Å². The first kappa shape index (κ1) is 14.5. The first-order chi connectivity index (χ1) is 10.5. The van der Waals surface area contributed by atoms with Gasteiger partial charge in [-0.25, -0.2) is 9.78 Å². The minimum absolute atomic E-state index is 0.163. The van der Waals surface area contributed by atoms with Gasteiger partial charge < -0.3 is 14.8 Å². The van der Waals surface area contributed by atoms with Crippen molar-refractivity contribution in [1.29, 1.82) is 0 Å². The molecule has 0 aliphatic carbocycles. The molecule has 0 fully saturated rings. The van der Waals surface area contributed by atoms with Gasteiger partial charge in [-0.2, -0.15) is 0 Å². The van der Waals surface area contributed by atoms with Crippen LogP contribution in [-0.2, 0) is 16.1 Å². The molecule has 1 aromatic heterocycles. The Bertz CT molecular complexity index is 741. The molecule has 2 heterocycles. The van der Waals surface area contributed by atoms with Gasteiger partial charge in [0, 0.05) is 6.20 Å². The normalized spacial score (nSPS) is 16.5. The maximum atomic E-state index is 12.3. The number of aromatic nitrogens is 1. The minimum atomic E-state index is -0.648. The summed E-state index contributed by atoms with van der Waals surface area (Å²) in [6.45, 7) is 3.68. The number of hydrogen-bond acceptors (Lipinski definition) is 6. The van der Waals surface area contributed by atoms with E-state index in [1.54, 1.807) is 31.3 Å². The summed E-state index contributed by atoms with van der Waals surface area (Å²) < 4.78 is 10.8. The zero-order chi connectivity index (χ0) is 15.7. The first-order valence-corrected chi connectivity index (χ1v) is 7.55. The van der Waals surface area contributed by atoms with Gasteiger partial charge in [0.25, 0.3) is 5.91 Å². The van der Waals surface area contributed by atoms with E-state index in [2.05, 4.69) is 10.3 Å². The number of nitrogens with one attached hydrogen (secondary N) is 1. The van der Waals surface area contributed by atoms with Gasteiger partial charge in [-0.05, 0) is 26.0 Å². The smallest absolute Gasteiger partial charge is 0.342 e. The second kappa shape index (κ2) is 5.76.